The smallest absolute Gasteiger partial charge is 0.155 e. The van der Waals surface area contributed by atoms with Crippen LogP contribution in [0.25, 0.3) is 0 Å². The molecule has 1 aliphatic heterocycles. The van der Waals surface area contributed by atoms with Gasteiger partial charge < -0.3 is 4.74 Å². The molecule has 1 rings (SSSR count). The number of carbonyl (C=O) groups excluding carboxylic acids is 1. The van der Waals surface area contributed by atoms with Gasteiger partial charge in [0.15, 0.2) is 5.78 Å². The predicted octanol–water partition coefficient (Wildman–Crippen LogP) is 2.09. The zero-order valence-electron chi connectivity index (χ0n) is 7.96. The second-order valence-corrected chi connectivity index (χ2v) is 3.47. The second kappa shape index (κ2) is 3.85. The van der Waals surface area contributed by atoms with Crippen LogP contribution >= 0.6 is 0 Å². The van der Waals surface area contributed by atoms with Gasteiger partial charge in [0, 0.05) is 0 Å². The van der Waals surface area contributed by atoms with E-state index in [4.69, 9.17) is 4.74 Å². The highest BCUT2D eigenvalue weighted by molar-refractivity contribution is 5.92. The minimum Gasteiger partial charge on any atom is -0.371 e. The molecule has 1 saturated heterocycles. The summed E-state index contributed by atoms with van der Waals surface area (Å²) >= 11 is 0. The van der Waals surface area contributed by atoms with Gasteiger partial charge in [0.05, 0.1) is 12.2 Å². The van der Waals surface area contributed by atoms with Crippen molar-refractivity contribution in [3.05, 3.63) is 11.6 Å². The Morgan fingerprint density at radius 3 is 2.50 bits per heavy atom. The zero-order valence-corrected chi connectivity index (χ0v) is 7.96. The molecule has 0 radical (unpaired) electrons. The van der Waals surface area contributed by atoms with Crippen LogP contribution in [0.2, 0.25) is 0 Å². The molecule has 0 spiro atoms. The summed E-state index contributed by atoms with van der Waals surface area (Å²) in [5.74, 6) is 0.137. The number of allylic oxidation sites excluding steroid dienone is 1. The summed E-state index contributed by atoms with van der Waals surface area (Å²) in [4.78, 5) is 10.9. The molecule has 1 aliphatic rings. The number of hydrogen-bond donors (Lipinski definition) is 0. The van der Waals surface area contributed by atoms with Crippen molar-refractivity contribution in [1.29, 1.82) is 0 Å². The van der Waals surface area contributed by atoms with Crippen LogP contribution in [0.15, 0.2) is 11.6 Å². The first-order valence-electron chi connectivity index (χ1n) is 4.44. The highest BCUT2D eigenvalue weighted by Gasteiger charge is 2.19. The third-order valence-electron chi connectivity index (χ3n) is 2.26. The fourth-order valence-electron chi connectivity index (χ4n) is 1.35. The van der Waals surface area contributed by atoms with Crippen LogP contribution in [0.1, 0.15) is 33.6 Å². The summed E-state index contributed by atoms with van der Waals surface area (Å²) in [7, 11) is 0. The van der Waals surface area contributed by atoms with Crippen LogP contribution in [0, 0.1) is 0 Å². The maximum atomic E-state index is 10.9. The normalized spacial score (nSPS) is 30.8. The van der Waals surface area contributed by atoms with Gasteiger partial charge in [0.2, 0.25) is 0 Å². The topological polar surface area (TPSA) is 26.3 Å². The first-order chi connectivity index (χ1) is 5.59. The number of rotatable bonds is 2. The number of hydrogen-bond acceptors (Lipinski definition) is 2. The molecule has 2 heteroatoms. The maximum Gasteiger partial charge on any atom is 0.155 e. The predicted molar refractivity (Wildman–Crippen MR) is 48.0 cm³/mol. The highest BCUT2D eigenvalue weighted by atomic mass is 16.5. The third-order valence-corrected chi connectivity index (χ3v) is 2.26. The summed E-state index contributed by atoms with van der Waals surface area (Å²) in [6, 6.07) is 0. The minimum absolute atomic E-state index is 0.137. The van der Waals surface area contributed by atoms with Crippen molar-refractivity contribution in [2.45, 2.75) is 45.8 Å². The minimum atomic E-state index is 0.137. The maximum absolute atomic E-state index is 10.9. The Balaban J connectivity index is 2.50. The van der Waals surface area contributed by atoms with Crippen LogP contribution in [-0.2, 0) is 9.53 Å². The van der Waals surface area contributed by atoms with E-state index in [0.29, 0.717) is 6.10 Å². The van der Waals surface area contributed by atoms with E-state index < -0.39 is 0 Å². The molecule has 1 heterocycles. The van der Waals surface area contributed by atoms with Crippen molar-refractivity contribution in [3.63, 3.8) is 0 Å². The average Bonchev–Trinajstić information content (AvgIpc) is 2.35. The fourth-order valence-corrected chi connectivity index (χ4v) is 1.35. The average molecular weight is 168 g/mol. The van der Waals surface area contributed by atoms with Gasteiger partial charge in [-0.2, -0.15) is 0 Å². The Morgan fingerprint density at radius 2 is 2.08 bits per heavy atom. The van der Waals surface area contributed by atoms with E-state index in [-0.39, 0.29) is 11.9 Å². The lowest BCUT2D eigenvalue weighted by Gasteiger charge is -2.06. The molecule has 0 aliphatic carbocycles. The SMILES string of the molecule is CC(=O)/C(C)=C\C1CCC(C)O1. The molecular weight excluding hydrogens is 152 g/mol. The highest BCUT2D eigenvalue weighted by Crippen LogP contribution is 2.20. The van der Waals surface area contributed by atoms with Gasteiger partial charge >= 0.3 is 0 Å². The summed E-state index contributed by atoms with van der Waals surface area (Å²) < 4.78 is 5.55. The van der Waals surface area contributed by atoms with E-state index in [9.17, 15) is 4.79 Å². The standard InChI is InChI=1S/C10H16O2/c1-7(9(3)11)6-10-5-4-8(2)12-10/h6,8,10H,4-5H2,1-3H3/b7-6-. The first kappa shape index (κ1) is 9.46. The Morgan fingerprint density at radius 1 is 1.42 bits per heavy atom. The molecule has 0 aromatic heterocycles. The molecule has 0 aromatic rings. The van der Waals surface area contributed by atoms with E-state index >= 15 is 0 Å². The van der Waals surface area contributed by atoms with Crippen LogP contribution in [0.5, 0.6) is 0 Å². The van der Waals surface area contributed by atoms with Crippen molar-refractivity contribution in [2.75, 3.05) is 0 Å². The molecule has 0 aromatic carbocycles. The van der Waals surface area contributed by atoms with Crippen LogP contribution in [0.3, 0.4) is 0 Å². The van der Waals surface area contributed by atoms with E-state index in [0.717, 1.165) is 18.4 Å². The molecular formula is C10H16O2. The molecule has 1 fully saturated rings. The summed E-state index contributed by atoms with van der Waals surface area (Å²) in [5, 5.41) is 0. The van der Waals surface area contributed by atoms with Gasteiger partial charge in [0.25, 0.3) is 0 Å². The molecule has 2 nitrogen and oxygen atoms in total. The number of Topliss-reactive ketones (excluding diaryl/α,β-unsaturated/α-hetero) is 1. The first-order valence-corrected chi connectivity index (χ1v) is 4.44. The molecule has 12 heavy (non-hydrogen) atoms. The molecule has 0 amide bonds. The third kappa shape index (κ3) is 2.45. The number of ketones is 1. The van der Waals surface area contributed by atoms with Gasteiger partial charge in [-0.1, -0.05) is 0 Å². The number of carbonyl (C=O) groups is 1. The lowest BCUT2D eigenvalue weighted by atomic mass is 10.1. The Hall–Kier alpha value is -0.630. The summed E-state index contributed by atoms with van der Waals surface area (Å²) in [6.07, 6.45) is 4.61. The van der Waals surface area contributed by atoms with Gasteiger partial charge in [-0.15, -0.1) is 0 Å². The Labute approximate surface area is 73.6 Å². The molecule has 2 unspecified atom stereocenters. The van der Waals surface area contributed by atoms with E-state index in [1.54, 1.807) is 6.92 Å². The molecule has 68 valence electrons. The van der Waals surface area contributed by atoms with E-state index in [1.807, 2.05) is 13.0 Å². The van der Waals surface area contributed by atoms with Gasteiger partial charge in [0.1, 0.15) is 0 Å². The summed E-state index contributed by atoms with van der Waals surface area (Å²) in [5.41, 5.74) is 0.814. The fraction of sp³-hybridized carbons (Fsp3) is 0.700. The molecule has 0 saturated carbocycles. The van der Waals surface area contributed by atoms with Crippen molar-refractivity contribution in [3.8, 4) is 0 Å². The van der Waals surface area contributed by atoms with Crippen LogP contribution in [0.4, 0.5) is 0 Å². The van der Waals surface area contributed by atoms with Crippen molar-refractivity contribution in [2.24, 2.45) is 0 Å². The summed E-state index contributed by atoms with van der Waals surface area (Å²) in [6.45, 7) is 5.50. The monoisotopic (exact) mass is 168 g/mol. The van der Waals surface area contributed by atoms with Crippen LogP contribution < -0.4 is 0 Å². The van der Waals surface area contributed by atoms with Gasteiger partial charge in [-0.05, 0) is 45.3 Å². The Kier molecular flexibility index (Phi) is 3.04. The van der Waals surface area contributed by atoms with Crippen molar-refractivity contribution < 1.29 is 9.53 Å². The lowest BCUT2D eigenvalue weighted by molar-refractivity contribution is -0.113. The van der Waals surface area contributed by atoms with Crippen LogP contribution in [-0.4, -0.2) is 18.0 Å². The Bertz CT molecular complexity index is 206. The molecule has 0 bridgehead atoms. The zero-order chi connectivity index (χ0) is 9.14. The lowest BCUT2D eigenvalue weighted by Crippen LogP contribution is -2.06. The van der Waals surface area contributed by atoms with Gasteiger partial charge in [-0.3, -0.25) is 4.79 Å². The molecule has 2 atom stereocenters. The second-order valence-electron chi connectivity index (χ2n) is 3.47. The van der Waals surface area contributed by atoms with Crippen molar-refractivity contribution >= 4 is 5.78 Å². The number of ether oxygens (including phenoxy) is 1. The van der Waals surface area contributed by atoms with E-state index in [2.05, 4.69) is 6.92 Å². The quantitative estimate of drug-likeness (QED) is 0.590. The van der Waals surface area contributed by atoms with Crippen molar-refractivity contribution in [1.82, 2.24) is 0 Å². The van der Waals surface area contributed by atoms with E-state index in [1.165, 1.54) is 0 Å². The van der Waals surface area contributed by atoms with Gasteiger partial charge in [-0.25, -0.2) is 0 Å². The largest absolute Gasteiger partial charge is 0.371 e. The molecule has 0 N–H and O–H groups in total.